The van der Waals surface area contributed by atoms with Gasteiger partial charge in [-0.25, -0.2) is 9.69 Å². The number of nitrogens with zero attached hydrogens (tertiary/aromatic N) is 2. The van der Waals surface area contributed by atoms with Gasteiger partial charge in [0.1, 0.15) is 17.0 Å². The first-order valence-electron chi connectivity index (χ1n) is 12.0. The number of carbonyl (C=O) groups excluding carboxylic acids is 2. The lowest BCUT2D eigenvalue weighted by Crippen LogP contribution is -2.43. The van der Waals surface area contributed by atoms with Crippen molar-refractivity contribution in [1.82, 2.24) is 4.90 Å². The molecule has 0 spiro atoms. The lowest BCUT2D eigenvalue weighted by atomic mass is 10.0. The fraction of sp³-hybridized carbons (Fsp3) is 0.161. The van der Waals surface area contributed by atoms with Gasteiger partial charge in [0.2, 0.25) is 0 Å². The highest BCUT2D eigenvalue weighted by atomic mass is 16.5. The first-order chi connectivity index (χ1) is 17.4. The Morgan fingerprint density at radius 3 is 2.00 bits per heavy atom. The second-order valence-corrected chi connectivity index (χ2v) is 9.38. The van der Waals surface area contributed by atoms with Crippen molar-refractivity contribution in [3.63, 3.8) is 0 Å². The van der Waals surface area contributed by atoms with Gasteiger partial charge < -0.3 is 9.64 Å². The molecule has 1 aliphatic rings. The van der Waals surface area contributed by atoms with Crippen molar-refractivity contribution in [1.29, 1.82) is 0 Å². The molecule has 4 aromatic carbocycles. The molecule has 36 heavy (non-hydrogen) atoms. The monoisotopic (exact) mass is 476 g/mol. The number of hydrogen-bond acceptors (Lipinski definition) is 3. The van der Waals surface area contributed by atoms with Crippen molar-refractivity contribution in [3.8, 4) is 11.5 Å². The van der Waals surface area contributed by atoms with Gasteiger partial charge in [0.25, 0.3) is 5.91 Å². The van der Waals surface area contributed by atoms with Gasteiger partial charge in [-0.3, -0.25) is 4.79 Å². The molecular formula is C31H28N2O3. The summed E-state index contributed by atoms with van der Waals surface area (Å²) in [5.41, 5.74) is 2.48. The number of para-hydroxylation sites is 3. The van der Waals surface area contributed by atoms with Crippen molar-refractivity contribution in [2.45, 2.75) is 32.4 Å². The molecule has 1 fully saturated rings. The highest BCUT2D eigenvalue weighted by molar-refractivity contribution is 6.23. The topological polar surface area (TPSA) is 49.9 Å². The number of amides is 3. The Morgan fingerprint density at radius 1 is 0.694 bits per heavy atom. The molecule has 0 aliphatic carbocycles. The Balaban J connectivity index is 1.45. The first-order valence-corrected chi connectivity index (χ1v) is 12.0. The fourth-order valence-corrected chi connectivity index (χ4v) is 4.53. The van der Waals surface area contributed by atoms with E-state index in [1.807, 2.05) is 109 Å². The molecule has 0 bridgehead atoms. The minimum absolute atomic E-state index is 0.241. The van der Waals surface area contributed by atoms with E-state index in [0.717, 1.165) is 16.7 Å². The largest absolute Gasteiger partial charge is 0.457 e. The molecule has 0 radical (unpaired) electrons. The summed E-state index contributed by atoms with van der Waals surface area (Å²) >= 11 is 0. The summed E-state index contributed by atoms with van der Waals surface area (Å²) in [4.78, 5) is 30.4. The average Bonchev–Trinajstić information content (AvgIpc) is 3.06. The SMILES string of the molecule is CC1(C)C(=O)N(c2ccccc2Cc2ccccc2)C(=O)N1Cc1ccccc1Oc1ccccc1. The van der Waals surface area contributed by atoms with Crippen LogP contribution in [0.5, 0.6) is 11.5 Å². The third-order valence-electron chi connectivity index (χ3n) is 6.57. The molecule has 1 saturated heterocycles. The van der Waals surface area contributed by atoms with Gasteiger partial charge in [-0.1, -0.05) is 84.9 Å². The predicted molar refractivity (Wildman–Crippen MR) is 141 cm³/mol. The van der Waals surface area contributed by atoms with Crippen molar-refractivity contribution >= 4 is 17.6 Å². The molecule has 5 heteroatoms. The van der Waals surface area contributed by atoms with E-state index in [2.05, 4.69) is 0 Å². The summed E-state index contributed by atoms with van der Waals surface area (Å²) in [5, 5.41) is 0. The highest BCUT2D eigenvalue weighted by Crippen LogP contribution is 2.37. The van der Waals surface area contributed by atoms with Crippen LogP contribution >= 0.6 is 0 Å². The van der Waals surface area contributed by atoms with Crippen molar-refractivity contribution in [2.75, 3.05) is 4.90 Å². The molecule has 180 valence electrons. The van der Waals surface area contributed by atoms with E-state index in [0.29, 0.717) is 23.6 Å². The zero-order chi connectivity index (χ0) is 25.1. The molecule has 5 rings (SSSR count). The minimum Gasteiger partial charge on any atom is -0.457 e. The first kappa shape index (κ1) is 23.4. The van der Waals surface area contributed by atoms with Crippen LogP contribution in [-0.2, 0) is 17.8 Å². The van der Waals surface area contributed by atoms with Crippen LogP contribution in [0, 0.1) is 0 Å². The molecule has 3 amide bonds. The Labute approximate surface area is 211 Å². The quantitative estimate of drug-likeness (QED) is 0.275. The summed E-state index contributed by atoms with van der Waals surface area (Å²) in [6, 6.07) is 34.5. The number of carbonyl (C=O) groups is 2. The Kier molecular flexibility index (Phi) is 6.30. The van der Waals surface area contributed by atoms with E-state index >= 15 is 0 Å². The van der Waals surface area contributed by atoms with Gasteiger partial charge in [0.15, 0.2) is 0 Å². The lowest BCUT2D eigenvalue weighted by molar-refractivity contribution is -0.123. The molecular weight excluding hydrogens is 448 g/mol. The molecule has 1 aliphatic heterocycles. The van der Waals surface area contributed by atoms with Crippen LogP contribution < -0.4 is 9.64 Å². The third kappa shape index (κ3) is 4.48. The summed E-state index contributed by atoms with van der Waals surface area (Å²) < 4.78 is 6.11. The molecule has 5 nitrogen and oxygen atoms in total. The molecule has 4 aromatic rings. The van der Waals surface area contributed by atoms with Crippen LogP contribution in [0.4, 0.5) is 10.5 Å². The fourth-order valence-electron chi connectivity index (χ4n) is 4.53. The lowest BCUT2D eigenvalue weighted by Gasteiger charge is -2.28. The number of imide groups is 1. The van der Waals surface area contributed by atoms with Crippen molar-refractivity contribution in [2.24, 2.45) is 0 Å². The number of hydrogen-bond donors (Lipinski definition) is 0. The van der Waals surface area contributed by atoms with Crippen molar-refractivity contribution in [3.05, 3.63) is 126 Å². The van der Waals surface area contributed by atoms with Gasteiger partial charge in [-0.15, -0.1) is 0 Å². The Hall–Kier alpha value is -4.38. The van der Waals surface area contributed by atoms with Gasteiger partial charge in [0, 0.05) is 5.56 Å². The number of benzene rings is 4. The average molecular weight is 477 g/mol. The summed E-state index contributed by atoms with van der Waals surface area (Å²) in [6.07, 6.45) is 0.627. The number of urea groups is 1. The predicted octanol–water partition coefficient (Wildman–Crippen LogP) is 6.82. The van der Waals surface area contributed by atoms with Crippen LogP contribution in [0.2, 0.25) is 0 Å². The molecule has 0 atom stereocenters. The number of anilines is 1. The maximum absolute atomic E-state index is 13.8. The molecule has 0 saturated carbocycles. The summed E-state index contributed by atoms with van der Waals surface area (Å²) in [7, 11) is 0. The van der Waals surface area contributed by atoms with E-state index in [9.17, 15) is 9.59 Å². The highest BCUT2D eigenvalue weighted by Gasteiger charge is 2.52. The number of rotatable bonds is 7. The third-order valence-corrected chi connectivity index (χ3v) is 6.57. The minimum atomic E-state index is -1.02. The number of ether oxygens (including phenoxy) is 1. The second-order valence-electron chi connectivity index (χ2n) is 9.38. The van der Waals surface area contributed by atoms with Gasteiger partial charge >= 0.3 is 6.03 Å². The van der Waals surface area contributed by atoms with Gasteiger partial charge in [-0.05, 0) is 55.7 Å². The maximum Gasteiger partial charge on any atom is 0.332 e. The molecule has 0 N–H and O–H groups in total. The zero-order valence-electron chi connectivity index (χ0n) is 20.4. The van der Waals surface area contributed by atoms with E-state index in [1.54, 1.807) is 18.7 Å². The maximum atomic E-state index is 13.8. The van der Waals surface area contributed by atoms with Gasteiger partial charge in [0.05, 0.1) is 12.2 Å². The molecule has 1 heterocycles. The van der Waals surface area contributed by atoms with Crippen molar-refractivity contribution < 1.29 is 14.3 Å². The van der Waals surface area contributed by atoms with Gasteiger partial charge in [-0.2, -0.15) is 0 Å². The summed E-state index contributed by atoms with van der Waals surface area (Å²) in [6.45, 7) is 3.85. The molecule has 0 unspecified atom stereocenters. The smallest absolute Gasteiger partial charge is 0.332 e. The van der Waals surface area contributed by atoms with Crippen LogP contribution in [0.25, 0.3) is 0 Å². The zero-order valence-corrected chi connectivity index (χ0v) is 20.4. The Morgan fingerprint density at radius 2 is 1.28 bits per heavy atom. The Bertz CT molecular complexity index is 1380. The van der Waals surface area contributed by atoms with Crippen LogP contribution in [-0.4, -0.2) is 22.4 Å². The standard InChI is InChI=1S/C31H28N2O3/c1-31(2)29(34)33(27-19-11-9-15-24(27)21-23-13-5-3-6-14-23)30(35)32(31)22-25-16-10-12-20-28(25)36-26-17-7-4-8-18-26/h3-20H,21-22H2,1-2H3. The van der Waals surface area contributed by atoms with Crippen LogP contribution in [0.15, 0.2) is 109 Å². The molecule has 0 aromatic heterocycles. The second kappa shape index (κ2) is 9.70. The van der Waals surface area contributed by atoms with E-state index in [4.69, 9.17) is 4.74 Å². The van der Waals surface area contributed by atoms with Crippen LogP contribution in [0.3, 0.4) is 0 Å². The van der Waals surface area contributed by atoms with E-state index < -0.39 is 5.54 Å². The van der Waals surface area contributed by atoms with E-state index in [1.165, 1.54) is 4.90 Å². The summed E-state index contributed by atoms with van der Waals surface area (Å²) in [5.74, 6) is 1.13. The van der Waals surface area contributed by atoms with Crippen LogP contribution in [0.1, 0.15) is 30.5 Å². The normalized spacial score (nSPS) is 14.8. The van der Waals surface area contributed by atoms with E-state index in [-0.39, 0.29) is 18.5 Å².